The summed E-state index contributed by atoms with van der Waals surface area (Å²) in [7, 11) is 0. The molecule has 100 valence electrons. The van der Waals surface area contributed by atoms with Crippen LogP contribution in [0.5, 0.6) is 0 Å². The van der Waals surface area contributed by atoms with Gasteiger partial charge in [-0.05, 0) is 46.3 Å². The van der Waals surface area contributed by atoms with Crippen molar-refractivity contribution in [1.29, 1.82) is 0 Å². The number of fused-ring (bicyclic) bond motifs is 1. The van der Waals surface area contributed by atoms with Crippen molar-refractivity contribution in [2.75, 3.05) is 0 Å². The standard InChI is InChI=1S/C14H8BrFN2O2/c15-10-6-8(16)4-5-11(10)18-7-17-13-9(14(19)20)2-1-3-12(13)18/h1-7H,(H,19,20). The second-order valence-corrected chi connectivity index (χ2v) is 5.04. The number of benzene rings is 2. The van der Waals surface area contributed by atoms with Gasteiger partial charge < -0.3 is 5.11 Å². The molecule has 0 radical (unpaired) electrons. The van der Waals surface area contributed by atoms with Crippen LogP contribution in [-0.4, -0.2) is 20.6 Å². The highest BCUT2D eigenvalue weighted by molar-refractivity contribution is 9.10. The smallest absolute Gasteiger partial charge is 0.337 e. The molecule has 4 nitrogen and oxygen atoms in total. The molecule has 3 aromatic rings. The molecule has 0 fully saturated rings. The second-order valence-electron chi connectivity index (χ2n) is 4.19. The molecule has 0 atom stereocenters. The average Bonchev–Trinajstić information content (AvgIpc) is 2.82. The number of aromatic nitrogens is 2. The van der Waals surface area contributed by atoms with Gasteiger partial charge in [0.1, 0.15) is 17.7 Å². The number of halogens is 2. The van der Waals surface area contributed by atoms with E-state index in [4.69, 9.17) is 5.11 Å². The SMILES string of the molecule is O=C(O)c1cccc2c1ncn2-c1ccc(F)cc1Br. The van der Waals surface area contributed by atoms with Gasteiger partial charge >= 0.3 is 5.97 Å². The Morgan fingerprint density at radius 3 is 2.80 bits per heavy atom. The average molecular weight is 335 g/mol. The van der Waals surface area contributed by atoms with Crippen LogP contribution in [0.1, 0.15) is 10.4 Å². The maximum Gasteiger partial charge on any atom is 0.337 e. The van der Waals surface area contributed by atoms with Gasteiger partial charge in [-0.1, -0.05) is 6.07 Å². The lowest BCUT2D eigenvalue weighted by molar-refractivity contribution is 0.0699. The van der Waals surface area contributed by atoms with Gasteiger partial charge in [-0.25, -0.2) is 14.2 Å². The predicted molar refractivity (Wildman–Crippen MR) is 75.7 cm³/mol. The molecule has 3 rings (SSSR count). The minimum Gasteiger partial charge on any atom is -0.478 e. The Bertz CT molecular complexity index is 829. The molecule has 2 aromatic carbocycles. The van der Waals surface area contributed by atoms with Crippen molar-refractivity contribution in [3.8, 4) is 5.69 Å². The second kappa shape index (κ2) is 4.72. The highest BCUT2D eigenvalue weighted by Gasteiger charge is 2.14. The molecule has 0 bridgehead atoms. The van der Waals surface area contributed by atoms with Crippen molar-refractivity contribution >= 4 is 32.9 Å². The first-order valence-corrected chi connectivity index (χ1v) is 6.52. The number of carboxylic acid groups (broad SMARTS) is 1. The van der Waals surface area contributed by atoms with E-state index in [9.17, 15) is 9.18 Å². The highest BCUT2D eigenvalue weighted by atomic mass is 79.9. The van der Waals surface area contributed by atoms with E-state index in [-0.39, 0.29) is 11.4 Å². The van der Waals surface area contributed by atoms with Crippen molar-refractivity contribution in [2.24, 2.45) is 0 Å². The molecule has 1 N–H and O–H groups in total. The summed E-state index contributed by atoms with van der Waals surface area (Å²) in [6, 6.07) is 9.22. The summed E-state index contributed by atoms with van der Waals surface area (Å²) in [5.41, 5.74) is 1.88. The molecular weight excluding hydrogens is 327 g/mol. The fraction of sp³-hybridized carbons (Fsp3) is 0. The summed E-state index contributed by atoms with van der Waals surface area (Å²) in [5, 5.41) is 9.15. The zero-order valence-corrected chi connectivity index (χ0v) is 11.6. The van der Waals surface area contributed by atoms with E-state index in [0.717, 1.165) is 0 Å². The quantitative estimate of drug-likeness (QED) is 0.778. The number of hydrogen-bond donors (Lipinski definition) is 1. The number of aromatic carboxylic acids is 1. The van der Waals surface area contributed by atoms with Gasteiger partial charge in [0, 0.05) is 4.47 Å². The molecule has 0 saturated heterocycles. The van der Waals surface area contributed by atoms with Crippen LogP contribution in [0.25, 0.3) is 16.7 Å². The summed E-state index contributed by atoms with van der Waals surface area (Å²) in [6.07, 6.45) is 1.52. The number of nitrogens with zero attached hydrogens (tertiary/aromatic N) is 2. The van der Waals surface area contributed by atoms with Crippen LogP contribution in [0.4, 0.5) is 4.39 Å². The fourth-order valence-electron chi connectivity index (χ4n) is 2.08. The lowest BCUT2D eigenvalue weighted by atomic mass is 10.2. The molecule has 0 aliphatic heterocycles. The molecular formula is C14H8BrFN2O2. The third-order valence-corrected chi connectivity index (χ3v) is 3.61. The first-order valence-electron chi connectivity index (χ1n) is 5.72. The molecule has 1 aromatic heterocycles. The maximum absolute atomic E-state index is 13.1. The Hall–Kier alpha value is -2.21. The topological polar surface area (TPSA) is 55.1 Å². The van der Waals surface area contributed by atoms with E-state index in [1.807, 2.05) is 0 Å². The number of carboxylic acids is 1. The van der Waals surface area contributed by atoms with Crippen LogP contribution >= 0.6 is 15.9 Å². The third-order valence-electron chi connectivity index (χ3n) is 2.98. The minimum atomic E-state index is -1.03. The summed E-state index contributed by atoms with van der Waals surface area (Å²) in [4.78, 5) is 15.3. The number of imidazole rings is 1. The Kier molecular flexibility index (Phi) is 3.02. The van der Waals surface area contributed by atoms with Gasteiger partial charge in [-0.15, -0.1) is 0 Å². The van der Waals surface area contributed by atoms with Crippen LogP contribution < -0.4 is 0 Å². The van der Waals surface area contributed by atoms with E-state index < -0.39 is 5.97 Å². The van der Waals surface area contributed by atoms with Crippen molar-refractivity contribution < 1.29 is 14.3 Å². The molecule has 0 aliphatic carbocycles. The van der Waals surface area contributed by atoms with E-state index in [0.29, 0.717) is 21.2 Å². The van der Waals surface area contributed by atoms with Crippen LogP contribution in [-0.2, 0) is 0 Å². The highest BCUT2D eigenvalue weighted by Crippen LogP contribution is 2.27. The largest absolute Gasteiger partial charge is 0.478 e. The van der Waals surface area contributed by atoms with Gasteiger partial charge in [0.15, 0.2) is 0 Å². The molecule has 0 spiro atoms. The van der Waals surface area contributed by atoms with Crippen LogP contribution in [0.3, 0.4) is 0 Å². The Morgan fingerprint density at radius 1 is 1.30 bits per heavy atom. The monoisotopic (exact) mass is 334 g/mol. The Labute approximate surface area is 121 Å². The molecule has 0 unspecified atom stereocenters. The van der Waals surface area contributed by atoms with Crippen LogP contribution in [0.2, 0.25) is 0 Å². The van der Waals surface area contributed by atoms with Crippen molar-refractivity contribution in [2.45, 2.75) is 0 Å². The molecule has 0 aliphatic rings. The van der Waals surface area contributed by atoms with Gasteiger partial charge in [0.25, 0.3) is 0 Å². The fourth-order valence-corrected chi connectivity index (χ4v) is 2.62. The summed E-state index contributed by atoms with van der Waals surface area (Å²) in [5.74, 6) is -1.38. The van der Waals surface area contributed by atoms with Crippen LogP contribution in [0, 0.1) is 5.82 Å². The van der Waals surface area contributed by atoms with E-state index in [1.165, 1.54) is 24.5 Å². The summed E-state index contributed by atoms with van der Waals surface area (Å²) < 4.78 is 15.4. The summed E-state index contributed by atoms with van der Waals surface area (Å²) >= 11 is 3.30. The summed E-state index contributed by atoms with van der Waals surface area (Å²) in [6.45, 7) is 0. The molecule has 20 heavy (non-hydrogen) atoms. The van der Waals surface area contributed by atoms with Gasteiger partial charge in [0.2, 0.25) is 0 Å². The number of para-hydroxylation sites is 1. The van der Waals surface area contributed by atoms with Crippen LogP contribution in [0.15, 0.2) is 47.2 Å². The van der Waals surface area contributed by atoms with E-state index in [1.54, 1.807) is 22.8 Å². The van der Waals surface area contributed by atoms with Crippen molar-refractivity contribution in [1.82, 2.24) is 9.55 Å². The first-order chi connectivity index (χ1) is 9.58. The number of rotatable bonds is 2. The maximum atomic E-state index is 13.1. The molecule has 1 heterocycles. The van der Waals surface area contributed by atoms with Crippen molar-refractivity contribution in [3.63, 3.8) is 0 Å². The molecule has 0 amide bonds. The van der Waals surface area contributed by atoms with E-state index in [2.05, 4.69) is 20.9 Å². The lowest BCUT2D eigenvalue weighted by Crippen LogP contribution is -1.98. The van der Waals surface area contributed by atoms with E-state index >= 15 is 0 Å². The van der Waals surface area contributed by atoms with Gasteiger partial charge in [0.05, 0.1) is 16.8 Å². The zero-order chi connectivity index (χ0) is 14.3. The minimum absolute atomic E-state index is 0.138. The molecule has 6 heteroatoms. The third kappa shape index (κ3) is 1.98. The van der Waals surface area contributed by atoms with Gasteiger partial charge in [-0.2, -0.15) is 0 Å². The zero-order valence-electron chi connectivity index (χ0n) is 10.0. The number of carbonyl (C=O) groups is 1. The normalized spacial score (nSPS) is 10.9. The lowest BCUT2D eigenvalue weighted by Gasteiger charge is -2.07. The Morgan fingerprint density at radius 2 is 2.10 bits per heavy atom. The predicted octanol–water partition coefficient (Wildman–Crippen LogP) is 3.63. The van der Waals surface area contributed by atoms with Gasteiger partial charge in [-0.3, -0.25) is 4.57 Å². The van der Waals surface area contributed by atoms with Crippen molar-refractivity contribution in [3.05, 3.63) is 58.6 Å². The Balaban J connectivity index is 2.28. The molecule has 0 saturated carbocycles. The number of hydrogen-bond acceptors (Lipinski definition) is 2. The first kappa shape index (κ1) is 12.8.